The van der Waals surface area contributed by atoms with Crippen LogP contribution in [-0.2, 0) is 5.72 Å². The van der Waals surface area contributed by atoms with Crippen molar-refractivity contribution >= 4 is 34.2 Å². The number of benzene rings is 2. The summed E-state index contributed by atoms with van der Waals surface area (Å²) in [6.07, 6.45) is 1.06. The zero-order chi connectivity index (χ0) is 17.4. The van der Waals surface area contributed by atoms with Gasteiger partial charge in [-0.05, 0) is 54.6 Å². The fraction of sp³-hybridized carbons (Fsp3) is 0.316. The molecule has 0 saturated carbocycles. The summed E-state index contributed by atoms with van der Waals surface area (Å²) in [5, 5.41) is 13.3. The molecule has 2 aliphatic heterocycles. The van der Waals surface area contributed by atoms with E-state index < -0.39 is 5.72 Å². The zero-order valence-corrected chi connectivity index (χ0v) is 15.6. The molecule has 25 heavy (non-hydrogen) atoms. The average Bonchev–Trinajstić information content (AvgIpc) is 2.97. The normalized spacial score (nSPS) is 22.9. The first kappa shape index (κ1) is 16.8. The van der Waals surface area contributed by atoms with Crippen LogP contribution in [0.5, 0.6) is 5.75 Å². The number of rotatable bonds is 3. The number of hydrogen-bond donors (Lipinski definition) is 1. The molecule has 0 fully saturated rings. The lowest BCUT2D eigenvalue weighted by Gasteiger charge is -2.24. The van der Waals surface area contributed by atoms with Crippen molar-refractivity contribution in [3.63, 3.8) is 0 Å². The summed E-state index contributed by atoms with van der Waals surface area (Å²) in [5.74, 6) is 1.89. The quantitative estimate of drug-likeness (QED) is 0.833. The Morgan fingerprint density at radius 2 is 1.88 bits per heavy atom. The summed E-state index contributed by atoms with van der Waals surface area (Å²) in [4.78, 5) is 2.19. The van der Waals surface area contributed by atoms with E-state index in [9.17, 15) is 5.11 Å². The number of amidine groups is 1. The van der Waals surface area contributed by atoms with Gasteiger partial charge in [-0.2, -0.15) is 0 Å². The number of nitrogens with zero attached hydrogens (tertiary/aromatic N) is 2. The van der Waals surface area contributed by atoms with Gasteiger partial charge in [0.1, 0.15) is 11.4 Å². The summed E-state index contributed by atoms with van der Waals surface area (Å²) in [5.41, 5.74) is 0.876. The third-order valence-electron chi connectivity index (χ3n) is 4.73. The third kappa shape index (κ3) is 2.90. The van der Waals surface area contributed by atoms with E-state index in [4.69, 9.17) is 16.3 Å². The molecule has 2 aromatic carbocycles. The van der Waals surface area contributed by atoms with E-state index >= 15 is 0 Å². The number of hydrogen-bond acceptors (Lipinski definition) is 4. The molecule has 2 aliphatic rings. The SMILES string of the molecule is COc1ccc(N2CC(O)(c3ccc(Cl)cc3)[N+]3=C2SCCC3)cc1. The van der Waals surface area contributed by atoms with E-state index in [0.717, 1.165) is 40.9 Å². The Balaban J connectivity index is 1.75. The average molecular weight is 376 g/mol. The molecule has 0 aliphatic carbocycles. The highest BCUT2D eigenvalue weighted by atomic mass is 35.5. The molecule has 1 unspecified atom stereocenters. The smallest absolute Gasteiger partial charge is 0.316 e. The minimum atomic E-state index is -1.05. The molecule has 1 N–H and O–H groups in total. The summed E-state index contributed by atoms with van der Waals surface area (Å²) >= 11 is 7.83. The number of methoxy groups -OCH3 is 1. The first-order chi connectivity index (χ1) is 12.1. The minimum Gasteiger partial charge on any atom is -0.497 e. The first-order valence-corrected chi connectivity index (χ1v) is 9.65. The monoisotopic (exact) mass is 375 g/mol. The largest absolute Gasteiger partial charge is 0.497 e. The molecule has 0 amide bonds. The first-order valence-electron chi connectivity index (χ1n) is 8.29. The standard InChI is InChI=1S/C19H20ClN2O2S/c1-24-17-9-7-16(8-10-17)21-13-19(23,14-3-5-15(20)6-4-14)22-11-2-12-25-18(21)22/h3-10,23H,2,11-13H2,1H3/q+1. The molecule has 0 spiro atoms. The maximum atomic E-state index is 11.6. The maximum Gasteiger partial charge on any atom is 0.316 e. The molecular weight excluding hydrogens is 356 g/mol. The van der Waals surface area contributed by atoms with Crippen LogP contribution in [0.2, 0.25) is 5.02 Å². The van der Waals surface area contributed by atoms with Crippen molar-refractivity contribution in [1.82, 2.24) is 0 Å². The predicted octanol–water partition coefficient (Wildman–Crippen LogP) is 3.52. The molecule has 4 nitrogen and oxygen atoms in total. The number of β-amino-alcohol motifs (C(OH)–C–C–N with tert-alkyl or cyclic N) is 1. The fourth-order valence-electron chi connectivity index (χ4n) is 3.43. The van der Waals surface area contributed by atoms with E-state index in [1.807, 2.05) is 48.5 Å². The van der Waals surface area contributed by atoms with Crippen LogP contribution < -0.4 is 9.64 Å². The Morgan fingerprint density at radius 3 is 2.56 bits per heavy atom. The maximum absolute atomic E-state index is 11.6. The van der Waals surface area contributed by atoms with E-state index in [0.29, 0.717) is 11.6 Å². The van der Waals surface area contributed by atoms with E-state index in [1.54, 1.807) is 18.9 Å². The molecule has 0 aromatic heterocycles. The highest BCUT2D eigenvalue weighted by Crippen LogP contribution is 2.38. The summed E-state index contributed by atoms with van der Waals surface area (Å²) in [6.45, 7) is 1.33. The molecule has 4 rings (SSSR count). The minimum absolute atomic E-state index is 0.489. The molecule has 1 atom stereocenters. The lowest BCUT2D eigenvalue weighted by molar-refractivity contribution is -0.656. The summed E-state index contributed by atoms with van der Waals surface area (Å²) in [6, 6.07) is 15.5. The van der Waals surface area contributed by atoms with Crippen molar-refractivity contribution in [2.24, 2.45) is 0 Å². The Labute approximate surface area is 156 Å². The number of thioether (sulfide) groups is 1. The predicted molar refractivity (Wildman–Crippen MR) is 103 cm³/mol. The van der Waals surface area contributed by atoms with Crippen molar-refractivity contribution < 1.29 is 14.4 Å². The second-order valence-electron chi connectivity index (χ2n) is 6.24. The van der Waals surface area contributed by atoms with Gasteiger partial charge in [0.25, 0.3) is 5.72 Å². The van der Waals surface area contributed by atoms with Gasteiger partial charge in [0.2, 0.25) is 0 Å². The molecule has 0 bridgehead atoms. The molecule has 130 valence electrons. The summed E-state index contributed by atoms with van der Waals surface area (Å²) < 4.78 is 7.38. The van der Waals surface area contributed by atoms with Crippen molar-refractivity contribution in [3.8, 4) is 5.75 Å². The van der Waals surface area contributed by atoms with Crippen LogP contribution in [0.15, 0.2) is 48.5 Å². The van der Waals surface area contributed by atoms with Crippen LogP contribution in [0, 0.1) is 0 Å². The van der Waals surface area contributed by atoms with Gasteiger partial charge in [-0.15, -0.1) is 0 Å². The van der Waals surface area contributed by atoms with Crippen LogP contribution in [0.25, 0.3) is 0 Å². The van der Waals surface area contributed by atoms with E-state index in [1.165, 1.54) is 0 Å². The molecule has 2 heterocycles. The molecule has 0 saturated heterocycles. The van der Waals surface area contributed by atoms with Gasteiger partial charge in [-0.3, -0.25) is 0 Å². The van der Waals surface area contributed by atoms with Gasteiger partial charge < -0.3 is 9.84 Å². The van der Waals surface area contributed by atoms with E-state index in [2.05, 4.69) is 9.48 Å². The Hall–Kier alpha value is -1.69. The van der Waals surface area contributed by atoms with Crippen LogP contribution in [0.1, 0.15) is 12.0 Å². The molecule has 6 heteroatoms. The second kappa shape index (κ2) is 6.56. The Bertz CT molecular complexity index is 807. The zero-order valence-electron chi connectivity index (χ0n) is 14.0. The van der Waals surface area contributed by atoms with Crippen molar-refractivity contribution in [2.75, 3.05) is 30.9 Å². The topological polar surface area (TPSA) is 35.7 Å². The van der Waals surface area contributed by atoms with Crippen LogP contribution in [0.4, 0.5) is 5.69 Å². The lowest BCUT2D eigenvalue weighted by atomic mass is 10.0. The number of ether oxygens (including phenoxy) is 1. The van der Waals surface area contributed by atoms with Crippen LogP contribution in [0.3, 0.4) is 0 Å². The molecule has 0 radical (unpaired) electrons. The van der Waals surface area contributed by atoms with Crippen molar-refractivity contribution in [3.05, 3.63) is 59.1 Å². The van der Waals surface area contributed by atoms with Gasteiger partial charge in [0, 0.05) is 16.3 Å². The summed E-state index contributed by atoms with van der Waals surface area (Å²) in [7, 11) is 1.66. The second-order valence-corrected chi connectivity index (χ2v) is 7.74. The third-order valence-corrected chi connectivity index (χ3v) is 6.18. The highest BCUT2D eigenvalue weighted by molar-refractivity contribution is 8.13. The van der Waals surface area contributed by atoms with Gasteiger partial charge in [0.15, 0.2) is 6.54 Å². The van der Waals surface area contributed by atoms with Gasteiger partial charge in [0.05, 0.1) is 13.7 Å². The van der Waals surface area contributed by atoms with Crippen molar-refractivity contribution in [2.45, 2.75) is 12.1 Å². The van der Waals surface area contributed by atoms with Crippen LogP contribution >= 0.6 is 23.4 Å². The number of halogens is 1. The molecular formula is C19H20ClN2O2S+. The van der Waals surface area contributed by atoms with Gasteiger partial charge in [-0.1, -0.05) is 23.7 Å². The number of aliphatic hydroxyl groups is 1. The Kier molecular flexibility index (Phi) is 4.40. The van der Waals surface area contributed by atoms with Gasteiger partial charge >= 0.3 is 5.17 Å². The highest BCUT2D eigenvalue weighted by Gasteiger charge is 2.53. The van der Waals surface area contributed by atoms with Crippen molar-refractivity contribution in [1.29, 1.82) is 0 Å². The number of anilines is 1. The van der Waals surface area contributed by atoms with E-state index in [-0.39, 0.29) is 0 Å². The molecule has 2 aromatic rings. The van der Waals surface area contributed by atoms with Gasteiger partial charge in [-0.25, -0.2) is 9.48 Å². The fourth-order valence-corrected chi connectivity index (χ4v) is 4.73. The van der Waals surface area contributed by atoms with Crippen LogP contribution in [-0.4, -0.2) is 40.8 Å². The Morgan fingerprint density at radius 1 is 1.16 bits per heavy atom. The lowest BCUT2D eigenvalue weighted by Crippen LogP contribution is -2.41.